The largest absolute Gasteiger partial charge is 0.391 e. The maximum atomic E-state index is 12.0. The van der Waals surface area contributed by atoms with Crippen molar-refractivity contribution in [3.05, 3.63) is 38.7 Å². The molecule has 0 saturated heterocycles. The van der Waals surface area contributed by atoms with Gasteiger partial charge in [-0.2, -0.15) is 11.3 Å². The Hall–Kier alpha value is -0.730. The molecule has 18 heavy (non-hydrogen) atoms. The van der Waals surface area contributed by atoms with Crippen molar-refractivity contribution in [2.75, 3.05) is 6.54 Å². The molecule has 0 atom stereocenters. The summed E-state index contributed by atoms with van der Waals surface area (Å²) in [5.74, 6) is 0. The first-order chi connectivity index (χ1) is 8.63. The molecule has 0 spiro atoms. The van der Waals surface area contributed by atoms with Crippen LogP contribution in [0.5, 0.6) is 0 Å². The highest BCUT2D eigenvalue weighted by atomic mass is 32.2. The molecule has 0 aliphatic rings. The third kappa shape index (κ3) is 3.18. The van der Waals surface area contributed by atoms with E-state index in [1.54, 1.807) is 16.7 Å². The van der Waals surface area contributed by atoms with Gasteiger partial charge in [0.15, 0.2) is 0 Å². The normalized spacial score (nSPS) is 11.8. The topological polar surface area (TPSA) is 66.4 Å². The van der Waals surface area contributed by atoms with Crippen LogP contribution in [0.3, 0.4) is 0 Å². The summed E-state index contributed by atoms with van der Waals surface area (Å²) >= 11 is 2.83. The number of aliphatic hydroxyl groups is 1. The van der Waals surface area contributed by atoms with E-state index in [0.29, 0.717) is 17.8 Å². The van der Waals surface area contributed by atoms with Crippen LogP contribution >= 0.6 is 22.7 Å². The third-order valence-corrected chi connectivity index (χ3v) is 5.74. The minimum Gasteiger partial charge on any atom is -0.391 e. The van der Waals surface area contributed by atoms with E-state index in [-0.39, 0.29) is 11.5 Å². The highest BCUT2D eigenvalue weighted by molar-refractivity contribution is 7.89. The fraction of sp³-hybridized carbons (Fsp3) is 0.273. The molecule has 0 bridgehead atoms. The molecule has 0 saturated carbocycles. The number of hydrogen-bond acceptors (Lipinski definition) is 5. The van der Waals surface area contributed by atoms with Crippen molar-refractivity contribution in [2.45, 2.75) is 17.9 Å². The van der Waals surface area contributed by atoms with Crippen molar-refractivity contribution >= 4 is 32.7 Å². The quantitative estimate of drug-likeness (QED) is 0.855. The SMILES string of the molecule is O=S(=O)(NCCc1ccsc1)c1ccsc1CO. The van der Waals surface area contributed by atoms with E-state index in [0.717, 1.165) is 5.56 Å². The monoisotopic (exact) mass is 303 g/mol. The summed E-state index contributed by atoms with van der Waals surface area (Å²) in [6.45, 7) is 0.109. The molecule has 2 heterocycles. The first kappa shape index (κ1) is 13.7. The van der Waals surface area contributed by atoms with Crippen LogP contribution in [0.2, 0.25) is 0 Å². The minimum absolute atomic E-state index is 0.181. The third-order valence-electron chi connectivity index (χ3n) is 2.42. The summed E-state index contributed by atoms with van der Waals surface area (Å²) in [5.41, 5.74) is 1.12. The molecule has 2 aromatic rings. The Morgan fingerprint density at radius 2 is 2.11 bits per heavy atom. The first-order valence-corrected chi connectivity index (χ1v) is 8.62. The van der Waals surface area contributed by atoms with Crippen LogP contribution in [0.15, 0.2) is 33.2 Å². The Labute approximate surface area is 114 Å². The van der Waals surface area contributed by atoms with Crippen LogP contribution in [-0.2, 0) is 23.1 Å². The molecule has 0 fully saturated rings. The molecule has 2 N–H and O–H groups in total. The van der Waals surface area contributed by atoms with E-state index >= 15 is 0 Å². The van der Waals surface area contributed by atoms with Gasteiger partial charge >= 0.3 is 0 Å². The highest BCUT2D eigenvalue weighted by Crippen LogP contribution is 2.21. The van der Waals surface area contributed by atoms with Crippen molar-refractivity contribution in [3.8, 4) is 0 Å². The highest BCUT2D eigenvalue weighted by Gasteiger charge is 2.18. The van der Waals surface area contributed by atoms with Crippen LogP contribution in [0, 0.1) is 0 Å². The molecule has 7 heteroatoms. The predicted octanol–water partition coefficient (Wildman–Crippen LogP) is 1.82. The van der Waals surface area contributed by atoms with Gasteiger partial charge in [-0.3, -0.25) is 0 Å². The summed E-state index contributed by atoms with van der Waals surface area (Å²) in [4.78, 5) is 0.651. The van der Waals surface area contributed by atoms with E-state index in [9.17, 15) is 8.42 Å². The Kier molecular flexibility index (Phi) is 4.52. The molecule has 4 nitrogen and oxygen atoms in total. The first-order valence-electron chi connectivity index (χ1n) is 5.31. The summed E-state index contributed by atoms with van der Waals surface area (Å²) in [5, 5.41) is 14.7. The van der Waals surface area contributed by atoms with Gasteiger partial charge in [-0.15, -0.1) is 11.3 Å². The molecule has 0 radical (unpaired) electrons. The zero-order valence-electron chi connectivity index (χ0n) is 9.50. The number of sulfonamides is 1. The number of hydrogen-bond donors (Lipinski definition) is 2. The van der Waals surface area contributed by atoms with Crippen molar-refractivity contribution in [1.29, 1.82) is 0 Å². The molecule has 0 aliphatic carbocycles. The van der Waals surface area contributed by atoms with Gasteiger partial charge < -0.3 is 5.11 Å². The van der Waals surface area contributed by atoms with E-state index in [1.807, 2.05) is 16.8 Å². The Balaban J connectivity index is 1.99. The zero-order valence-corrected chi connectivity index (χ0v) is 11.9. The second-order valence-corrected chi connectivity index (χ2v) is 7.16. The molecular weight excluding hydrogens is 290 g/mol. The van der Waals surface area contributed by atoms with Gasteiger partial charge in [0, 0.05) is 11.4 Å². The van der Waals surface area contributed by atoms with Gasteiger partial charge in [0.25, 0.3) is 0 Å². The van der Waals surface area contributed by atoms with E-state index in [1.165, 1.54) is 17.4 Å². The lowest BCUT2D eigenvalue weighted by molar-refractivity contribution is 0.282. The lowest BCUT2D eigenvalue weighted by Gasteiger charge is -2.06. The van der Waals surface area contributed by atoms with Gasteiger partial charge in [0.2, 0.25) is 10.0 Å². The fourth-order valence-corrected chi connectivity index (χ4v) is 4.55. The number of nitrogens with one attached hydrogen (secondary N) is 1. The van der Waals surface area contributed by atoms with Crippen LogP contribution < -0.4 is 4.72 Å². The molecule has 0 aliphatic heterocycles. The number of thiophene rings is 2. The van der Waals surface area contributed by atoms with Crippen molar-refractivity contribution in [2.24, 2.45) is 0 Å². The van der Waals surface area contributed by atoms with E-state index in [4.69, 9.17) is 5.11 Å². The zero-order chi connectivity index (χ0) is 13.0. The summed E-state index contributed by atoms with van der Waals surface area (Å²) < 4.78 is 26.5. The molecular formula is C11H13NO3S3. The van der Waals surface area contributed by atoms with Crippen molar-refractivity contribution in [3.63, 3.8) is 0 Å². The molecule has 2 rings (SSSR count). The van der Waals surface area contributed by atoms with Gasteiger partial charge in [-0.05, 0) is 40.3 Å². The van der Waals surface area contributed by atoms with Gasteiger partial charge in [0.05, 0.1) is 11.5 Å². The van der Waals surface area contributed by atoms with Crippen LogP contribution in [0.1, 0.15) is 10.4 Å². The Morgan fingerprint density at radius 3 is 2.78 bits per heavy atom. The average Bonchev–Trinajstić information content (AvgIpc) is 2.99. The second kappa shape index (κ2) is 5.94. The lowest BCUT2D eigenvalue weighted by atomic mass is 10.2. The van der Waals surface area contributed by atoms with Crippen molar-refractivity contribution in [1.82, 2.24) is 4.72 Å². The van der Waals surface area contributed by atoms with Crippen molar-refractivity contribution < 1.29 is 13.5 Å². The molecule has 0 amide bonds. The van der Waals surface area contributed by atoms with Crippen LogP contribution in [-0.4, -0.2) is 20.1 Å². The summed E-state index contributed by atoms with van der Waals surface area (Å²) in [6, 6.07) is 3.49. The summed E-state index contributed by atoms with van der Waals surface area (Å²) in [6.07, 6.45) is 0.668. The predicted molar refractivity (Wildman–Crippen MR) is 73.5 cm³/mol. The molecule has 98 valence electrons. The standard InChI is InChI=1S/C11H13NO3S3/c13-7-10-11(3-6-17-10)18(14,15)12-4-1-9-2-5-16-8-9/h2-3,5-6,8,12-13H,1,4,7H2. The van der Waals surface area contributed by atoms with Gasteiger partial charge in [-0.25, -0.2) is 13.1 Å². The number of rotatable bonds is 6. The Bertz CT molecular complexity index is 587. The minimum atomic E-state index is -3.51. The maximum absolute atomic E-state index is 12.0. The number of aliphatic hydroxyl groups excluding tert-OH is 1. The smallest absolute Gasteiger partial charge is 0.241 e. The van der Waals surface area contributed by atoms with Crippen LogP contribution in [0.25, 0.3) is 0 Å². The van der Waals surface area contributed by atoms with Gasteiger partial charge in [0.1, 0.15) is 0 Å². The molecule has 0 aromatic carbocycles. The average molecular weight is 303 g/mol. The Morgan fingerprint density at radius 1 is 1.28 bits per heavy atom. The summed E-state index contributed by atoms with van der Waals surface area (Å²) in [7, 11) is -3.51. The van der Waals surface area contributed by atoms with E-state index in [2.05, 4.69) is 4.72 Å². The van der Waals surface area contributed by atoms with E-state index < -0.39 is 10.0 Å². The maximum Gasteiger partial charge on any atom is 0.241 e. The second-order valence-electron chi connectivity index (χ2n) is 3.65. The van der Waals surface area contributed by atoms with Gasteiger partial charge in [-0.1, -0.05) is 0 Å². The lowest BCUT2D eigenvalue weighted by Crippen LogP contribution is -2.26. The molecule has 2 aromatic heterocycles. The fourth-order valence-electron chi connectivity index (χ4n) is 1.53. The van der Waals surface area contributed by atoms with Crippen LogP contribution in [0.4, 0.5) is 0 Å². The molecule has 0 unspecified atom stereocenters.